The predicted octanol–water partition coefficient (Wildman–Crippen LogP) is 2.87. The first-order valence-corrected chi connectivity index (χ1v) is 5.01. The second-order valence-corrected chi connectivity index (χ2v) is 4.19. The van der Waals surface area contributed by atoms with Gasteiger partial charge in [-0.3, -0.25) is 0 Å². The van der Waals surface area contributed by atoms with Crippen LogP contribution in [0.2, 0.25) is 0 Å². The average Bonchev–Trinajstić information content (AvgIpc) is 2.00. The van der Waals surface area contributed by atoms with E-state index in [0.717, 1.165) is 6.42 Å². The van der Waals surface area contributed by atoms with Crippen molar-refractivity contribution >= 4 is 6.09 Å². The molecule has 0 aliphatic heterocycles. The fourth-order valence-electron chi connectivity index (χ4n) is 0.977. The van der Waals surface area contributed by atoms with Gasteiger partial charge >= 0.3 is 6.09 Å². The molecule has 3 nitrogen and oxygen atoms in total. The Hall–Kier alpha value is -0.990. The summed E-state index contributed by atoms with van der Waals surface area (Å²) < 4.78 is 5.13. The largest absolute Gasteiger partial charge is 0.444 e. The number of carbonyl (C=O) groups excluding carboxylic acids is 1. The maximum atomic E-state index is 11.3. The van der Waals surface area contributed by atoms with E-state index >= 15 is 0 Å². The van der Waals surface area contributed by atoms with Crippen molar-refractivity contribution in [3.63, 3.8) is 0 Å². The molecule has 0 saturated carbocycles. The third-order valence-corrected chi connectivity index (χ3v) is 1.57. The van der Waals surface area contributed by atoms with Crippen LogP contribution in [0.4, 0.5) is 4.79 Å². The van der Waals surface area contributed by atoms with Crippen LogP contribution in [0.15, 0.2) is 12.2 Å². The Labute approximate surface area is 86.5 Å². The molecular weight excluding hydrogens is 178 g/mol. The van der Waals surface area contributed by atoms with Crippen LogP contribution in [-0.4, -0.2) is 17.7 Å². The zero-order valence-corrected chi connectivity index (χ0v) is 9.76. The normalized spacial score (nSPS) is 14.1. The standard InChI is InChI=1S/C11H21NO2/c1-6-8-9(7-2)12-10(13)14-11(3,4)5/h6,8-9H,7H2,1-5H3,(H,12,13). The Bertz CT molecular complexity index is 204. The summed E-state index contributed by atoms with van der Waals surface area (Å²) >= 11 is 0. The summed E-state index contributed by atoms with van der Waals surface area (Å²) in [4.78, 5) is 11.3. The summed E-state index contributed by atoms with van der Waals surface area (Å²) in [5, 5.41) is 2.78. The molecule has 0 aliphatic carbocycles. The minimum absolute atomic E-state index is 0.0647. The third-order valence-electron chi connectivity index (χ3n) is 1.57. The first-order chi connectivity index (χ1) is 6.39. The highest BCUT2D eigenvalue weighted by molar-refractivity contribution is 5.68. The van der Waals surface area contributed by atoms with Crippen LogP contribution >= 0.6 is 0 Å². The Kier molecular flexibility index (Phi) is 5.28. The van der Waals surface area contributed by atoms with Crippen molar-refractivity contribution < 1.29 is 9.53 Å². The van der Waals surface area contributed by atoms with E-state index < -0.39 is 5.60 Å². The Morgan fingerprint density at radius 1 is 1.50 bits per heavy atom. The van der Waals surface area contributed by atoms with Gasteiger partial charge in [-0.05, 0) is 34.1 Å². The van der Waals surface area contributed by atoms with E-state index in [2.05, 4.69) is 5.32 Å². The SMILES string of the molecule is CC=CC(CC)NC(=O)OC(C)(C)C. The minimum atomic E-state index is -0.432. The molecule has 0 rings (SSSR count). The van der Waals surface area contributed by atoms with E-state index in [1.807, 2.05) is 46.8 Å². The Morgan fingerprint density at radius 2 is 2.07 bits per heavy atom. The number of rotatable bonds is 3. The molecule has 0 bridgehead atoms. The van der Waals surface area contributed by atoms with Crippen molar-refractivity contribution in [1.82, 2.24) is 5.32 Å². The van der Waals surface area contributed by atoms with E-state index in [1.54, 1.807) is 0 Å². The van der Waals surface area contributed by atoms with Gasteiger partial charge < -0.3 is 10.1 Å². The highest BCUT2D eigenvalue weighted by Crippen LogP contribution is 2.07. The number of carbonyl (C=O) groups is 1. The van der Waals surface area contributed by atoms with Crippen molar-refractivity contribution in [2.24, 2.45) is 0 Å². The Morgan fingerprint density at radius 3 is 2.43 bits per heavy atom. The molecule has 0 radical (unpaired) electrons. The molecule has 1 N–H and O–H groups in total. The van der Waals surface area contributed by atoms with Gasteiger partial charge in [0.05, 0.1) is 6.04 Å². The van der Waals surface area contributed by atoms with E-state index in [-0.39, 0.29) is 12.1 Å². The van der Waals surface area contributed by atoms with Gasteiger partial charge in [0, 0.05) is 0 Å². The van der Waals surface area contributed by atoms with Crippen LogP contribution in [0.25, 0.3) is 0 Å². The summed E-state index contributed by atoms with van der Waals surface area (Å²) in [6.07, 6.45) is 4.38. The zero-order valence-electron chi connectivity index (χ0n) is 9.76. The zero-order chi connectivity index (χ0) is 11.2. The van der Waals surface area contributed by atoms with Gasteiger partial charge in [-0.25, -0.2) is 4.79 Å². The first-order valence-electron chi connectivity index (χ1n) is 5.01. The maximum absolute atomic E-state index is 11.3. The van der Waals surface area contributed by atoms with Crippen molar-refractivity contribution in [3.8, 4) is 0 Å². The molecule has 0 spiro atoms. The number of allylic oxidation sites excluding steroid dienone is 1. The van der Waals surface area contributed by atoms with Crippen LogP contribution in [-0.2, 0) is 4.74 Å². The molecule has 0 fully saturated rings. The lowest BCUT2D eigenvalue weighted by Gasteiger charge is -2.21. The van der Waals surface area contributed by atoms with Gasteiger partial charge in [0.25, 0.3) is 0 Å². The second kappa shape index (κ2) is 5.68. The first kappa shape index (κ1) is 13.0. The van der Waals surface area contributed by atoms with Gasteiger partial charge in [-0.15, -0.1) is 0 Å². The fraction of sp³-hybridized carbons (Fsp3) is 0.727. The minimum Gasteiger partial charge on any atom is -0.444 e. The quantitative estimate of drug-likeness (QED) is 0.710. The monoisotopic (exact) mass is 199 g/mol. The van der Waals surface area contributed by atoms with Gasteiger partial charge in [0.15, 0.2) is 0 Å². The number of alkyl carbamates (subject to hydrolysis) is 1. The maximum Gasteiger partial charge on any atom is 0.408 e. The van der Waals surface area contributed by atoms with E-state index in [4.69, 9.17) is 4.74 Å². The Balaban J connectivity index is 4.04. The summed E-state index contributed by atoms with van der Waals surface area (Å²) in [5.41, 5.74) is -0.432. The lowest BCUT2D eigenvalue weighted by atomic mass is 10.2. The van der Waals surface area contributed by atoms with Crippen LogP contribution in [0.5, 0.6) is 0 Å². The van der Waals surface area contributed by atoms with Gasteiger partial charge in [-0.1, -0.05) is 19.1 Å². The van der Waals surface area contributed by atoms with Crippen molar-refractivity contribution in [2.45, 2.75) is 52.7 Å². The molecule has 1 unspecified atom stereocenters. The van der Waals surface area contributed by atoms with Crippen LogP contribution in [0.3, 0.4) is 0 Å². The molecule has 0 aliphatic rings. The number of nitrogens with one attached hydrogen (secondary N) is 1. The van der Waals surface area contributed by atoms with Crippen molar-refractivity contribution in [1.29, 1.82) is 0 Å². The van der Waals surface area contributed by atoms with Gasteiger partial charge in [-0.2, -0.15) is 0 Å². The topological polar surface area (TPSA) is 38.3 Å². The van der Waals surface area contributed by atoms with Gasteiger partial charge in [0.1, 0.15) is 5.60 Å². The van der Waals surface area contributed by atoms with E-state index in [0.29, 0.717) is 0 Å². The smallest absolute Gasteiger partial charge is 0.408 e. The van der Waals surface area contributed by atoms with Crippen molar-refractivity contribution in [2.75, 3.05) is 0 Å². The summed E-state index contributed by atoms with van der Waals surface area (Å²) in [5.74, 6) is 0. The highest BCUT2D eigenvalue weighted by atomic mass is 16.6. The van der Waals surface area contributed by atoms with Gasteiger partial charge in [0.2, 0.25) is 0 Å². The molecule has 1 amide bonds. The number of ether oxygens (including phenoxy) is 1. The average molecular weight is 199 g/mol. The summed E-state index contributed by atoms with van der Waals surface area (Å²) in [6, 6.07) is 0.0647. The fourth-order valence-corrected chi connectivity index (χ4v) is 0.977. The lowest BCUT2D eigenvalue weighted by molar-refractivity contribution is 0.0513. The number of amides is 1. The van der Waals surface area contributed by atoms with Crippen LogP contribution in [0, 0.1) is 0 Å². The molecule has 0 aromatic rings. The van der Waals surface area contributed by atoms with Crippen LogP contribution < -0.4 is 5.32 Å². The van der Waals surface area contributed by atoms with Crippen molar-refractivity contribution in [3.05, 3.63) is 12.2 Å². The molecule has 0 aromatic carbocycles. The molecule has 1 atom stereocenters. The summed E-state index contributed by atoms with van der Waals surface area (Å²) in [6.45, 7) is 9.50. The molecule has 0 aromatic heterocycles. The molecule has 82 valence electrons. The highest BCUT2D eigenvalue weighted by Gasteiger charge is 2.17. The molecule has 14 heavy (non-hydrogen) atoms. The third kappa shape index (κ3) is 6.52. The molecule has 3 heteroatoms. The van der Waals surface area contributed by atoms with E-state index in [9.17, 15) is 4.79 Å². The second-order valence-electron chi connectivity index (χ2n) is 4.19. The molecular formula is C11H21NO2. The lowest BCUT2D eigenvalue weighted by Crippen LogP contribution is -2.37. The molecule has 0 saturated heterocycles. The summed E-state index contributed by atoms with van der Waals surface area (Å²) in [7, 11) is 0. The predicted molar refractivity (Wildman–Crippen MR) is 58.3 cm³/mol. The van der Waals surface area contributed by atoms with E-state index in [1.165, 1.54) is 0 Å². The number of hydrogen-bond acceptors (Lipinski definition) is 2. The number of hydrogen-bond donors (Lipinski definition) is 1. The van der Waals surface area contributed by atoms with Crippen LogP contribution in [0.1, 0.15) is 41.0 Å². The molecule has 0 heterocycles.